The molecule has 0 aromatic rings. The molecule has 0 unspecified atom stereocenters. The number of hydrogen-bond acceptors (Lipinski definition) is 3. The third-order valence-electron chi connectivity index (χ3n) is 5.22. The molecule has 5 aliphatic rings. The van der Waals surface area contributed by atoms with Crippen molar-refractivity contribution < 1.29 is 0 Å². The lowest BCUT2D eigenvalue weighted by Crippen LogP contribution is -2.61. The highest BCUT2D eigenvalue weighted by atomic mass is 32.2. The lowest BCUT2D eigenvalue weighted by molar-refractivity contribution is -0.00999. The number of thiocarbonyl (C=S) groups is 1. The van der Waals surface area contributed by atoms with E-state index in [0.717, 1.165) is 40.3 Å². The van der Waals surface area contributed by atoms with E-state index >= 15 is 0 Å². The fourth-order valence-corrected chi connectivity index (χ4v) is 6.15. The SMILES string of the molecule is S=C(NC1=NCCS1)NC12CC3CC(CC(C3)C1)C2. The molecular weight excluding hydrogens is 274 g/mol. The lowest BCUT2D eigenvalue weighted by atomic mass is 9.53. The standard InChI is InChI=1S/C14H21N3S2/c18-12(16-13-15-1-2-19-13)17-14-6-9-3-10(7-14)5-11(4-9)8-14/h9-11H,1-8H2,(H2,15,16,17,18). The van der Waals surface area contributed by atoms with Gasteiger partial charge in [0.1, 0.15) is 0 Å². The first kappa shape index (κ1) is 12.5. The van der Waals surface area contributed by atoms with E-state index in [4.69, 9.17) is 12.2 Å². The first-order chi connectivity index (χ1) is 9.21. The number of nitrogens with one attached hydrogen (secondary N) is 2. The molecular formula is C14H21N3S2. The van der Waals surface area contributed by atoms with Crippen molar-refractivity contribution in [2.45, 2.75) is 44.1 Å². The van der Waals surface area contributed by atoms with Gasteiger partial charge in [0.25, 0.3) is 0 Å². The van der Waals surface area contributed by atoms with Crippen LogP contribution in [0.3, 0.4) is 0 Å². The van der Waals surface area contributed by atoms with Gasteiger partial charge in [0.15, 0.2) is 10.3 Å². The summed E-state index contributed by atoms with van der Waals surface area (Å²) in [6.45, 7) is 0.924. The normalized spacial score (nSPS) is 43.2. The number of aliphatic imine (C=N–C) groups is 1. The minimum atomic E-state index is 0.308. The van der Waals surface area contributed by atoms with Crippen molar-refractivity contribution in [3.8, 4) is 0 Å². The van der Waals surface area contributed by atoms with Crippen LogP contribution in [0.25, 0.3) is 0 Å². The highest BCUT2D eigenvalue weighted by Crippen LogP contribution is 2.55. The van der Waals surface area contributed by atoms with Crippen LogP contribution < -0.4 is 10.6 Å². The molecule has 19 heavy (non-hydrogen) atoms. The van der Waals surface area contributed by atoms with Crippen LogP contribution in [-0.4, -0.2) is 28.1 Å². The predicted molar refractivity (Wildman–Crippen MR) is 84.5 cm³/mol. The van der Waals surface area contributed by atoms with Gasteiger partial charge in [0, 0.05) is 11.3 Å². The molecule has 3 nitrogen and oxygen atoms in total. The maximum absolute atomic E-state index is 5.51. The maximum Gasteiger partial charge on any atom is 0.172 e. The van der Waals surface area contributed by atoms with Crippen LogP contribution >= 0.6 is 24.0 Å². The van der Waals surface area contributed by atoms with E-state index in [-0.39, 0.29) is 0 Å². The molecule has 0 atom stereocenters. The van der Waals surface area contributed by atoms with E-state index < -0.39 is 0 Å². The molecule has 4 bridgehead atoms. The van der Waals surface area contributed by atoms with Crippen molar-refractivity contribution in [2.75, 3.05) is 12.3 Å². The molecule has 0 aromatic heterocycles. The molecule has 0 aromatic carbocycles. The molecule has 4 saturated carbocycles. The molecule has 0 radical (unpaired) electrons. The molecule has 5 rings (SSSR count). The number of rotatable bonds is 1. The van der Waals surface area contributed by atoms with Crippen molar-refractivity contribution in [3.63, 3.8) is 0 Å². The average molecular weight is 295 g/mol. The van der Waals surface area contributed by atoms with E-state index in [1.54, 1.807) is 11.8 Å². The number of hydrogen-bond donors (Lipinski definition) is 2. The number of thioether (sulfide) groups is 1. The Hall–Kier alpha value is -0.290. The van der Waals surface area contributed by atoms with E-state index in [1.807, 2.05) is 0 Å². The summed E-state index contributed by atoms with van der Waals surface area (Å²) in [4.78, 5) is 4.41. The second-order valence-corrected chi connectivity index (χ2v) is 8.30. The highest BCUT2D eigenvalue weighted by Gasteiger charge is 2.51. The van der Waals surface area contributed by atoms with Gasteiger partial charge < -0.3 is 10.6 Å². The van der Waals surface area contributed by atoms with Crippen LogP contribution in [-0.2, 0) is 0 Å². The topological polar surface area (TPSA) is 36.4 Å². The van der Waals surface area contributed by atoms with Crippen molar-refractivity contribution in [1.29, 1.82) is 0 Å². The Bertz CT molecular complexity index is 397. The third-order valence-corrected chi connectivity index (χ3v) is 6.32. The minimum absolute atomic E-state index is 0.308. The first-order valence-corrected chi connectivity index (χ1v) is 8.87. The summed E-state index contributed by atoms with van der Waals surface area (Å²) in [5.41, 5.74) is 0.308. The molecule has 104 valence electrons. The van der Waals surface area contributed by atoms with E-state index in [9.17, 15) is 0 Å². The van der Waals surface area contributed by atoms with Gasteiger partial charge in [0.05, 0.1) is 6.54 Å². The smallest absolute Gasteiger partial charge is 0.172 e. The van der Waals surface area contributed by atoms with Gasteiger partial charge in [-0.25, -0.2) is 0 Å². The molecule has 1 heterocycles. The zero-order valence-corrected chi connectivity index (χ0v) is 12.8. The Morgan fingerprint density at radius 2 is 1.79 bits per heavy atom. The van der Waals surface area contributed by atoms with Crippen molar-refractivity contribution in [3.05, 3.63) is 0 Å². The fraction of sp³-hybridized carbons (Fsp3) is 0.857. The Labute approximate surface area is 124 Å². The second-order valence-electron chi connectivity index (χ2n) is 6.81. The maximum atomic E-state index is 5.51. The number of amidine groups is 1. The molecule has 0 spiro atoms. The van der Waals surface area contributed by atoms with Crippen LogP contribution in [0.2, 0.25) is 0 Å². The first-order valence-electron chi connectivity index (χ1n) is 7.47. The van der Waals surface area contributed by atoms with E-state index in [1.165, 1.54) is 38.5 Å². The van der Waals surface area contributed by atoms with Crippen molar-refractivity contribution in [2.24, 2.45) is 22.7 Å². The van der Waals surface area contributed by atoms with Gasteiger partial charge in [-0.3, -0.25) is 4.99 Å². The molecule has 4 fully saturated rings. The van der Waals surface area contributed by atoms with Crippen LogP contribution in [0.5, 0.6) is 0 Å². The Balaban J connectivity index is 1.43. The fourth-order valence-electron chi connectivity index (χ4n) is 5.04. The summed E-state index contributed by atoms with van der Waals surface area (Å²) in [5, 5.41) is 8.77. The quantitative estimate of drug-likeness (QED) is 0.729. The average Bonchev–Trinajstić information content (AvgIpc) is 2.78. The summed E-state index contributed by atoms with van der Waals surface area (Å²) in [6.07, 6.45) is 8.43. The van der Waals surface area contributed by atoms with Crippen LogP contribution in [0.4, 0.5) is 0 Å². The third kappa shape index (κ3) is 2.40. The molecule has 5 heteroatoms. The summed E-state index contributed by atoms with van der Waals surface area (Å²) >= 11 is 7.28. The molecule has 0 amide bonds. The Morgan fingerprint density at radius 3 is 2.32 bits per heavy atom. The van der Waals surface area contributed by atoms with Gasteiger partial charge in [0.2, 0.25) is 0 Å². The summed E-state index contributed by atoms with van der Waals surface area (Å²) in [5.74, 6) is 3.96. The zero-order chi connectivity index (χ0) is 12.9. The predicted octanol–water partition coefficient (Wildman–Crippen LogP) is 2.52. The van der Waals surface area contributed by atoms with Gasteiger partial charge in [-0.2, -0.15) is 0 Å². The van der Waals surface area contributed by atoms with Gasteiger partial charge in [-0.05, 0) is 68.5 Å². The van der Waals surface area contributed by atoms with Crippen LogP contribution in [0.15, 0.2) is 4.99 Å². The summed E-state index contributed by atoms with van der Waals surface area (Å²) < 4.78 is 0. The minimum Gasteiger partial charge on any atom is -0.357 e. The van der Waals surface area contributed by atoms with Crippen LogP contribution in [0, 0.1) is 17.8 Å². The summed E-state index contributed by atoms with van der Waals surface area (Å²) in [7, 11) is 0. The monoisotopic (exact) mass is 295 g/mol. The molecule has 2 N–H and O–H groups in total. The second kappa shape index (κ2) is 4.62. The molecule has 0 saturated heterocycles. The molecule has 4 aliphatic carbocycles. The van der Waals surface area contributed by atoms with Gasteiger partial charge >= 0.3 is 0 Å². The zero-order valence-electron chi connectivity index (χ0n) is 11.2. The van der Waals surface area contributed by atoms with E-state index in [2.05, 4.69) is 15.6 Å². The highest BCUT2D eigenvalue weighted by molar-refractivity contribution is 8.14. The summed E-state index contributed by atoms with van der Waals surface area (Å²) in [6, 6.07) is 0. The Morgan fingerprint density at radius 1 is 1.16 bits per heavy atom. The van der Waals surface area contributed by atoms with Crippen molar-refractivity contribution in [1.82, 2.24) is 10.6 Å². The lowest BCUT2D eigenvalue weighted by Gasteiger charge is -2.57. The van der Waals surface area contributed by atoms with Gasteiger partial charge in [-0.15, -0.1) is 0 Å². The molecule has 1 aliphatic heterocycles. The van der Waals surface area contributed by atoms with Crippen LogP contribution in [0.1, 0.15) is 38.5 Å². The van der Waals surface area contributed by atoms with Crippen molar-refractivity contribution >= 4 is 34.3 Å². The Kier molecular flexibility index (Phi) is 3.03. The van der Waals surface area contributed by atoms with Gasteiger partial charge in [-0.1, -0.05) is 11.8 Å². The number of nitrogens with zero attached hydrogens (tertiary/aromatic N) is 1. The largest absolute Gasteiger partial charge is 0.357 e. The van der Waals surface area contributed by atoms with E-state index in [0.29, 0.717) is 5.54 Å².